The predicted molar refractivity (Wildman–Crippen MR) is 94.3 cm³/mol. The minimum absolute atomic E-state index is 0.196. The van der Waals surface area contributed by atoms with E-state index in [0.29, 0.717) is 16.4 Å². The number of anilines is 1. The molecule has 0 spiro atoms. The van der Waals surface area contributed by atoms with Gasteiger partial charge in [0.05, 0.1) is 11.4 Å². The van der Waals surface area contributed by atoms with Crippen LogP contribution in [0.4, 0.5) is 5.13 Å². The lowest BCUT2D eigenvalue weighted by molar-refractivity contribution is 0.102. The van der Waals surface area contributed by atoms with Gasteiger partial charge >= 0.3 is 0 Å². The molecule has 0 radical (unpaired) electrons. The largest absolute Gasteiger partial charge is 0.297 e. The summed E-state index contributed by atoms with van der Waals surface area (Å²) in [4.78, 5) is 17.4. The van der Waals surface area contributed by atoms with Gasteiger partial charge in [-0.3, -0.25) is 10.1 Å². The Kier molecular flexibility index (Phi) is 4.49. The Hall–Kier alpha value is -2.12. The summed E-state index contributed by atoms with van der Waals surface area (Å²) < 4.78 is 3.84. The maximum absolute atomic E-state index is 12.3. The molecular formula is C16H16N4OS2. The summed E-state index contributed by atoms with van der Waals surface area (Å²) in [6.07, 6.45) is 0.685. The monoisotopic (exact) mass is 344 g/mol. The number of nitrogens with one attached hydrogen (secondary N) is 1. The van der Waals surface area contributed by atoms with Gasteiger partial charge in [-0.1, -0.05) is 35.2 Å². The highest BCUT2D eigenvalue weighted by Gasteiger charge is 2.17. The van der Waals surface area contributed by atoms with Crippen LogP contribution >= 0.6 is 22.9 Å². The number of thiazole rings is 1. The molecule has 2 aromatic heterocycles. The molecule has 1 amide bonds. The Bertz CT molecular complexity index is 853. The van der Waals surface area contributed by atoms with Gasteiger partial charge in [-0.2, -0.15) is 0 Å². The van der Waals surface area contributed by atoms with Crippen LogP contribution in [0, 0.1) is 13.8 Å². The van der Waals surface area contributed by atoms with Gasteiger partial charge in [-0.05, 0) is 37.4 Å². The molecule has 0 fully saturated rings. The summed E-state index contributed by atoms with van der Waals surface area (Å²) >= 11 is 2.53. The Balaban J connectivity index is 1.81. The van der Waals surface area contributed by atoms with E-state index in [0.717, 1.165) is 28.5 Å². The molecule has 2 heterocycles. The van der Waals surface area contributed by atoms with Gasteiger partial charge in [-0.15, -0.1) is 16.4 Å². The number of carbonyl (C=O) groups is 1. The van der Waals surface area contributed by atoms with Crippen molar-refractivity contribution in [2.45, 2.75) is 27.2 Å². The van der Waals surface area contributed by atoms with Crippen LogP contribution in [-0.4, -0.2) is 20.5 Å². The van der Waals surface area contributed by atoms with Crippen molar-refractivity contribution in [2.24, 2.45) is 0 Å². The van der Waals surface area contributed by atoms with Crippen molar-refractivity contribution in [1.29, 1.82) is 0 Å². The molecule has 0 aliphatic heterocycles. The highest BCUT2D eigenvalue weighted by atomic mass is 32.1. The number of hydrogen-bond acceptors (Lipinski definition) is 6. The van der Waals surface area contributed by atoms with E-state index in [-0.39, 0.29) is 5.91 Å². The molecule has 23 heavy (non-hydrogen) atoms. The van der Waals surface area contributed by atoms with E-state index >= 15 is 0 Å². The number of rotatable bonds is 4. The quantitative estimate of drug-likeness (QED) is 0.774. The number of aromatic nitrogens is 3. The van der Waals surface area contributed by atoms with Gasteiger partial charge in [0.15, 0.2) is 5.13 Å². The molecule has 0 aliphatic carbocycles. The van der Waals surface area contributed by atoms with E-state index in [9.17, 15) is 4.79 Å². The second-order valence-corrected chi connectivity index (χ2v) is 6.82. The molecular weight excluding hydrogens is 328 g/mol. The van der Waals surface area contributed by atoms with Gasteiger partial charge in [0.2, 0.25) is 0 Å². The van der Waals surface area contributed by atoms with Crippen LogP contribution in [0.1, 0.15) is 33.4 Å². The van der Waals surface area contributed by atoms with E-state index in [4.69, 9.17) is 0 Å². The van der Waals surface area contributed by atoms with E-state index in [2.05, 4.69) is 51.9 Å². The van der Waals surface area contributed by atoms with E-state index in [1.165, 1.54) is 22.5 Å². The molecule has 1 N–H and O–H groups in total. The van der Waals surface area contributed by atoms with Gasteiger partial charge in [0.25, 0.3) is 5.91 Å². The lowest BCUT2D eigenvalue weighted by Gasteiger charge is -2.03. The first kappa shape index (κ1) is 15.8. The molecule has 1 aromatic carbocycles. The molecule has 3 rings (SSSR count). The normalized spacial score (nSPS) is 10.7. The minimum Gasteiger partial charge on any atom is -0.297 e. The number of aryl methyl sites for hydroxylation is 3. The van der Waals surface area contributed by atoms with Crippen LogP contribution in [0.15, 0.2) is 23.6 Å². The van der Waals surface area contributed by atoms with E-state index in [1.807, 2.05) is 12.3 Å². The van der Waals surface area contributed by atoms with E-state index in [1.54, 1.807) is 0 Å². The van der Waals surface area contributed by atoms with Crippen LogP contribution < -0.4 is 5.32 Å². The zero-order valence-electron chi connectivity index (χ0n) is 13.1. The maximum Gasteiger partial charge on any atom is 0.271 e. The van der Waals surface area contributed by atoms with Crippen molar-refractivity contribution in [2.75, 3.05) is 5.32 Å². The number of nitrogens with zero attached hydrogens (tertiary/aromatic N) is 3. The lowest BCUT2D eigenvalue weighted by Crippen LogP contribution is -2.12. The lowest BCUT2D eigenvalue weighted by atomic mass is 10.0. The SMILES string of the molecule is CCc1nnsc1C(=O)Nc1nc(-c2ccc(C)cc2C)cs1. The number of carbonyl (C=O) groups excluding carboxylic acids is 1. The molecule has 0 unspecified atom stereocenters. The van der Waals surface area contributed by atoms with Gasteiger partial charge in [-0.25, -0.2) is 4.98 Å². The summed E-state index contributed by atoms with van der Waals surface area (Å²) in [6.45, 7) is 6.09. The third-order valence-corrected chi connectivity index (χ3v) is 5.00. The molecule has 0 saturated carbocycles. The van der Waals surface area contributed by atoms with Crippen molar-refractivity contribution in [3.8, 4) is 11.3 Å². The number of hydrogen-bond donors (Lipinski definition) is 1. The zero-order chi connectivity index (χ0) is 16.4. The highest BCUT2D eigenvalue weighted by Crippen LogP contribution is 2.28. The van der Waals surface area contributed by atoms with Gasteiger partial charge in [0, 0.05) is 10.9 Å². The summed E-state index contributed by atoms with van der Waals surface area (Å²) in [5.74, 6) is -0.196. The number of amides is 1. The van der Waals surface area contributed by atoms with Crippen LogP contribution in [0.5, 0.6) is 0 Å². The Morgan fingerprint density at radius 3 is 2.87 bits per heavy atom. The smallest absolute Gasteiger partial charge is 0.271 e. The van der Waals surface area contributed by atoms with Crippen molar-refractivity contribution in [1.82, 2.24) is 14.6 Å². The zero-order valence-corrected chi connectivity index (χ0v) is 14.7. The third-order valence-electron chi connectivity index (χ3n) is 3.48. The molecule has 0 aliphatic rings. The molecule has 0 saturated heterocycles. The van der Waals surface area contributed by atoms with Crippen molar-refractivity contribution in [3.63, 3.8) is 0 Å². The van der Waals surface area contributed by atoms with Gasteiger partial charge < -0.3 is 0 Å². The molecule has 7 heteroatoms. The van der Waals surface area contributed by atoms with Crippen LogP contribution in [0.25, 0.3) is 11.3 Å². The molecule has 0 bridgehead atoms. The topological polar surface area (TPSA) is 67.8 Å². The first-order valence-corrected chi connectivity index (χ1v) is 8.89. The first-order chi connectivity index (χ1) is 11.1. The van der Waals surface area contributed by atoms with Crippen molar-refractivity contribution < 1.29 is 4.79 Å². The van der Waals surface area contributed by atoms with Gasteiger partial charge in [0.1, 0.15) is 4.88 Å². The molecule has 3 aromatic rings. The summed E-state index contributed by atoms with van der Waals surface area (Å²) in [5, 5.41) is 9.34. The second-order valence-electron chi connectivity index (χ2n) is 5.21. The molecule has 0 atom stereocenters. The fourth-order valence-corrected chi connectivity index (χ4v) is 3.67. The first-order valence-electron chi connectivity index (χ1n) is 7.24. The van der Waals surface area contributed by atoms with Crippen LogP contribution in [0.3, 0.4) is 0 Å². The fourth-order valence-electron chi connectivity index (χ4n) is 2.32. The summed E-state index contributed by atoms with van der Waals surface area (Å²) in [7, 11) is 0. The Morgan fingerprint density at radius 1 is 1.30 bits per heavy atom. The Morgan fingerprint density at radius 2 is 2.13 bits per heavy atom. The summed E-state index contributed by atoms with van der Waals surface area (Å²) in [6, 6.07) is 6.26. The van der Waals surface area contributed by atoms with Crippen molar-refractivity contribution in [3.05, 3.63) is 45.3 Å². The molecule has 118 valence electrons. The maximum atomic E-state index is 12.3. The Labute approximate surface area is 142 Å². The number of benzene rings is 1. The third kappa shape index (κ3) is 3.30. The molecule has 5 nitrogen and oxygen atoms in total. The van der Waals surface area contributed by atoms with Crippen LogP contribution in [0.2, 0.25) is 0 Å². The average Bonchev–Trinajstić information content (AvgIpc) is 3.15. The fraction of sp³-hybridized carbons (Fsp3) is 0.250. The van der Waals surface area contributed by atoms with Crippen LogP contribution in [-0.2, 0) is 6.42 Å². The van der Waals surface area contributed by atoms with E-state index < -0.39 is 0 Å². The minimum atomic E-state index is -0.196. The highest BCUT2D eigenvalue weighted by molar-refractivity contribution is 7.14. The second kappa shape index (κ2) is 6.55. The van der Waals surface area contributed by atoms with Crippen molar-refractivity contribution >= 4 is 33.9 Å². The average molecular weight is 344 g/mol. The predicted octanol–water partition coefficient (Wildman–Crippen LogP) is 4.09. The standard InChI is InChI=1S/C16H16N4OS2/c1-4-12-14(23-20-19-12)15(21)18-16-17-13(8-22-16)11-6-5-9(2)7-10(11)3/h5-8H,4H2,1-3H3,(H,17,18,21). The summed E-state index contributed by atoms with van der Waals surface area (Å²) in [5.41, 5.74) is 5.08.